The molecular formula is C9H12F3NO. The van der Waals surface area contributed by atoms with E-state index < -0.39 is 12.2 Å². The average molecular weight is 207 g/mol. The lowest BCUT2D eigenvalue weighted by atomic mass is 10.3. The summed E-state index contributed by atoms with van der Waals surface area (Å²) in [6.45, 7) is 5.73. The monoisotopic (exact) mass is 207 g/mol. The maximum Gasteiger partial charge on any atom is 0.574 e. The Morgan fingerprint density at radius 2 is 1.79 bits per heavy atom. The number of hydrogen-bond acceptors (Lipinski definition) is 2. The molecule has 0 amide bonds. The summed E-state index contributed by atoms with van der Waals surface area (Å²) >= 11 is 0. The van der Waals surface area contributed by atoms with E-state index in [4.69, 9.17) is 0 Å². The summed E-state index contributed by atoms with van der Waals surface area (Å²) in [5.41, 5.74) is 0.782. The molecule has 0 spiro atoms. The molecule has 0 radical (unpaired) electrons. The predicted molar refractivity (Wildman–Crippen MR) is 47.0 cm³/mol. The SMILES string of the molecule is CC.Cc1ccc(OC(F)(F)F)nc1. The number of hydrogen-bond donors (Lipinski definition) is 0. The van der Waals surface area contributed by atoms with E-state index in [0.29, 0.717) is 0 Å². The van der Waals surface area contributed by atoms with Gasteiger partial charge in [0.05, 0.1) is 0 Å². The van der Waals surface area contributed by atoms with Gasteiger partial charge in [0, 0.05) is 12.3 Å². The summed E-state index contributed by atoms with van der Waals surface area (Å²) in [6, 6.07) is 2.66. The van der Waals surface area contributed by atoms with E-state index in [-0.39, 0.29) is 0 Å². The molecule has 0 atom stereocenters. The van der Waals surface area contributed by atoms with Gasteiger partial charge in [-0.3, -0.25) is 0 Å². The minimum atomic E-state index is -4.66. The van der Waals surface area contributed by atoms with Crippen LogP contribution in [0.25, 0.3) is 0 Å². The number of aryl methyl sites for hydroxylation is 1. The third-order valence-corrected chi connectivity index (χ3v) is 1.10. The first-order chi connectivity index (χ1) is 6.47. The van der Waals surface area contributed by atoms with Crippen LogP contribution in [0.15, 0.2) is 18.3 Å². The molecule has 0 saturated heterocycles. The fourth-order valence-corrected chi connectivity index (χ4v) is 0.633. The summed E-state index contributed by atoms with van der Waals surface area (Å²) in [7, 11) is 0. The zero-order valence-electron chi connectivity index (χ0n) is 8.22. The number of alkyl halides is 3. The summed E-state index contributed by atoms with van der Waals surface area (Å²) in [6.07, 6.45) is -3.36. The largest absolute Gasteiger partial charge is 0.574 e. The van der Waals surface area contributed by atoms with E-state index in [2.05, 4.69) is 9.72 Å². The average Bonchev–Trinajstić information content (AvgIpc) is 2.10. The van der Waals surface area contributed by atoms with Gasteiger partial charge in [-0.2, -0.15) is 0 Å². The van der Waals surface area contributed by atoms with Gasteiger partial charge in [-0.25, -0.2) is 4.98 Å². The highest BCUT2D eigenvalue weighted by molar-refractivity contribution is 5.16. The Morgan fingerprint density at radius 1 is 1.21 bits per heavy atom. The minimum Gasteiger partial charge on any atom is -0.388 e. The third-order valence-electron chi connectivity index (χ3n) is 1.10. The van der Waals surface area contributed by atoms with Crippen molar-refractivity contribution in [3.05, 3.63) is 23.9 Å². The van der Waals surface area contributed by atoms with Crippen molar-refractivity contribution in [3.63, 3.8) is 0 Å². The Kier molecular flexibility index (Phi) is 4.97. The highest BCUT2D eigenvalue weighted by Gasteiger charge is 2.31. The Morgan fingerprint density at radius 3 is 2.14 bits per heavy atom. The molecule has 80 valence electrons. The first kappa shape index (κ1) is 12.7. The van der Waals surface area contributed by atoms with Crippen molar-refractivity contribution in [2.75, 3.05) is 0 Å². The van der Waals surface area contributed by atoms with Gasteiger partial charge in [0.15, 0.2) is 0 Å². The van der Waals surface area contributed by atoms with Crippen LogP contribution in [0.2, 0.25) is 0 Å². The summed E-state index contributed by atoms with van der Waals surface area (Å²) < 4.78 is 38.3. The van der Waals surface area contributed by atoms with Crippen LogP contribution in [-0.4, -0.2) is 11.3 Å². The predicted octanol–water partition coefficient (Wildman–Crippen LogP) is 3.31. The highest BCUT2D eigenvalue weighted by Crippen LogP contribution is 2.20. The molecule has 5 heteroatoms. The lowest BCUT2D eigenvalue weighted by molar-refractivity contribution is -0.276. The number of aromatic nitrogens is 1. The van der Waals surface area contributed by atoms with Crippen molar-refractivity contribution >= 4 is 0 Å². The molecule has 2 nitrogen and oxygen atoms in total. The number of pyridine rings is 1. The summed E-state index contributed by atoms with van der Waals surface area (Å²) in [5.74, 6) is -0.437. The second-order valence-corrected chi connectivity index (χ2v) is 2.22. The molecule has 1 aromatic heterocycles. The first-order valence-electron chi connectivity index (χ1n) is 4.16. The molecule has 0 bridgehead atoms. The van der Waals surface area contributed by atoms with Crippen LogP contribution < -0.4 is 4.74 Å². The second kappa shape index (κ2) is 5.47. The quantitative estimate of drug-likeness (QED) is 0.704. The Hall–Kier alpha value is -1.26. The highest BCUT2D eigenvalue weighted by atomic mass is 19.4. The fourth-order valence-electron chi connectivity index (χ4n) is 0.633. The van der Waals surface area contributed by atoms with Crippen molar-refractivity contribution in [1.82, 2.24) is 4.98 Å². The van der Waals surface area contributed by atoms with Gasteiger partial charge >= 0.3 is 6.36 Å². The van der Waals surface area contributed by atoms with Crippen molar-refractivity contribution in [3.8, 4) is 5.88 Å². The molecule has 0 aromatic carbocycles. The van der Waals surface area contributed by atoms with Crippen molar-refractivity contribution in [1.29, 1.82) is 0 Å². The van der Waals surface area contributed by atoms with Gasteiger partial charge in [0.25, 0.3) is 0 Å². The number of rotatable bonds is 1. The summed E-state index contributed by atoms with van der Waals surface area (Å²) in [4.78, 5) is 3.42. The number of halogens is 3. The van der Waals surface area contributed by atoms with Gasteiger partial charge < -0.3 is 4.74 Å². The van der Waals surface area contributed by atoms with Crippen molar-refractivity contribution in [2.24, 2.45) is 0 Å². The van der Waals surface area contributed by atoms with E-state index in [0.717, 1.165) is 5.56 Å². The second-order valence-electron chi connectivity index (χ2n) is 2.22. The van der Waals surface area contributed by atoms with Gasteiger partial charge in [-0.15, -0.1) is 13.2 Å². The van der Waals surface area contributed by atoms with Crippen LogP contribution in [0, 0.1) is 6.92 Å². The molecule has 14 heavy (non-hydrogen) atoms. The number of nitrogens with zero attached hydrogens (tertiary/aromatic N) is 1. The fraction of sp³-hybridized carbons (Fsp3) is 0.444. The van der Waals surface area contributed by atoms with Crippen molar-refractivity contribution < 1.29 is 17.9 Å². The lowest BCUT2D eigenvalue weighted by Crippen LogP contribution is -2.17. The van der Waals surface area contributed by atoms with Gasteiger partial charge in [0.1, 0.15) is 0 Å². The van der Waals surface area contributed by atoms with Gasteiger partial charge in [-0.1, -0.05) is 19.9 Å². The van der Waals surface area contributed by atoms with E-state index >= 15 is 0 Å². The van der Waals surface area contributed by atoms with Crippen LogP contribution in [0.4, 0.5) is 13.2 Å². The lowest BCUT2D eigenvalue weighted by Gasteiger charge is -2.06. The molecule has 1 aromatic rings. The molecule has 1 rings (SSSR count). The third kappa shape index (κ3) is 5.40. The molecule has 0 fully saturated rings. The number of ether oxygens (including phenoxy) is 1. The van der Waals surface area contributed by atoms with Gasteiger partial charge in [-0.05, 0) is 12.5 Å². The van der Waals surface area contributed by atoms with Crippen LogP contribution in [0.1, 0.15) is 19.4 Å². The standard InChI is InChI=1S/C7H6F3NO.C2H6/c1-5-2-3-6(11-4-5)12-7(8,9)10;1-2/h2-4H,1H3;1-2H3. The Bertz CT molecular complexity index is 256. The van der Waals surface area contributed by atoms with Crippen LogP contribution in [0.3, 0.4) is 0 Å². The molecule has 0 aliphatic heterocycles. The molecule has 0 aliphatic rings. The topological polar surface area (TPSA) is 22.1 Å². The molecule has 0 unspecified atom stereocenters. The van der Waals surface area contributed by atoms with E-state index in [9.17, 15) is 13.2 Å². The van der Waals surface area contributed by atoms with Crippen LogP contribution in [0.5, 0.6) is 5.88 Å². The zero-order valence-corrected chi connectivity index (χ0v) is 8.22. The maximum absolute atomic E-state index is 11.6. The normalized spacial score (nSPS) is 10.1. The van der Waals surface area contributed by atoms with Crippen molar-refractivity contribution in [2.45, 2.75) is 27.1 Å². The molecule has 0 N–H and O–H groups in total. The summed E-state index contributed by atoms with van der Waals surface area (Å²) in [5, 5.41) is 0. The van der Waals surface area contributed by atoms with Crippen LogP contribution >= 0.6 is 0 Å². The molecule has 1 heterocycles. The smallest absolute Gasteiger partial charge is 0.388 e. The minimum absolute atomic E-state index is 0.437. The first-order valence-corrected chi connectivity index (χ1v) is 4.16. The van der Waals surface area contributed by atoms with Crippen LogP contribution in [-0.2, 0) is 0 Å². The Labute approximate surface area is 80.7 Å². The van der Waals surface area contributed by atoms with E-state index in [1.165, 1.54) is 18.3 Å². The zero-order chi connectivity index (χ0) is 11.2. The van der Waals surface area contributed by atoms with E-state index in [1.54, 1.807) is 6.92 Å². The molecule has 0 saturated carbocycles. The molecule has 0 aliphatic carbocycles. The van der Waals surface area contributed by atoms with E-state index in [1.807, 2.05) is 13.8 Å². The van der Waals surface area contributed by atoms with Gasteiger partial charge in [0.2, 0.25) is 5.88 Å². The maximum atomic E-state index is 11.6. The molecular weight excluding hydrogens is 195 g/mol. The Balaban J connectivity index is 0.000000791.